The Bertz CT molecular complexity index is 149. The SMILES string of the molecule is NC(=O)N=CN1CCCC1. The molecular formula is C6H11N3O. The van der Waals surface area contributed by atoms with Crippen LogP contribution in [0.15, 0.2) is 4.99 Å². The van der Waals surface area contributed by atoms with Crippen LogP contribution in [0.25, 0.3) is 0 Å². The minimum absolute atomic E-state index is 0.619. The highest BCUT2D eigenvalue weighted by Crippen LogP contribution is 2.03. The summed E-state index contributed by atoms with van der Waals surface area (Å²) in [6.45, 7) is 1.99. The minimum Gasteiger partial charge on any atom is -0.362 e. The number of carbonyl (C=O) groups is 1. The van der Waals surface area contributed by atoms with E-state index in [9.17, 15) is 4.79 Å². The van der Waals surface area contributed by atoms with Crippen molar-refractivity contribution in [3.05, 3.63) is 0 Å². The van der Waals surface area contributed by atoms with Gasteiger partial charge < -0.3 is 10.6 Å². The molecule has 0 aliphatic carbocycles. The third kappa shape index (κ3) is 2.05. The highest BCUT2D eigenvalue weighted by molar-refractivity contribution is 5.81. The van der Waals surface area contributed by atoms with Gasteiger partial charge >= 0.3 is 6.03 Å². The Hall–Kier alpha value is -1.06. The lowest BCUT2D eigenvalue weighted by Gasteiger charge is -2.07. The van der Waals surface area contributed by atoms with Crippen molar-refractivity contribution in [3.63, 3.8) is 0 Å². The van der Waals surface area contributed by atoms with Crippen molar-refractivity contribution in [2.75, 3.05) is 13.1 Å². The molecule has 1 heterocycles. The zero-order valence-electron chi connectivity index (χ0n) is 5.79. The van der Waals surface area contributed by atoms with E-state index in [2.05, 4.69) is 4.99 Å². The highest BCUT2D eigenvalue weighted by atomic mass is 16.2. The lowest BCUT2D eigenvalue weighted by atomic mass is 10.4. The molecule has 0 aromatic heterocycles. The molecule has 10 heavy (non-hydrogen) atoms. The van der Waals surface area contributed by atoms with Gasteiger partial charge in [0.2, 0.25) is 0 Å². The largest absolute Gasteiger partial charge is 0.362 e. The highest BCUT2D eigenvalue weighted by Gasteiger charge is 2.06. The maximum Gasteiger partial charge on any atom is 0.339 e. The van der Waals surface area contributed by atoms with Gasteiger partial charge in [0, 0.05) is 13.1 Å². The molecular weight excluding hydrogens is 130 g/mol. The van der Waals surface area contributed by atoms with Crippen LogP contribution in [0.5, 0.6) is 0 Å². The number of rotatable bonds is 1. The summed E-state index contributed by atoms with van der Waals surface area (Å²) in [6.07, 6.45) is 3.89. The number of likely N-dealkylation sites (tertiary alicyclic amines) is 1. The van der Waals surface area contributed by atoms with E-state index >= 15 is 0 Å². The van der Waals surface area contributed by atoms with E-state index in [0.29, 0.717) is 0 Å². The summed E-state index contributed by atoms with van der Waals surface area (Å²) in [6, 6.07) is -0.619. The van der Waals surface area contributed by atoms with Crippen molar-refractivity contribution in [1.29, 1.82) is 0 Å². The first-order valence-electron chi connectivity index (χ1n) is 3.37. The molecule has 0 aromatic rings. The molecule has 0 saturated carbocycles. The Morgan fingerprint density at radius 2 is 2.10 bits per heavy atom. The van der Waals surface area contributed by atoms with Gasteiger partial charge in [0.1, 0.15) is 0 Å². The van der Waals surface area contributed by atoms with Gasteiger partial charge in [-0.25, -0.2) is 4.79 Å². The number of nitrogens with zero attached hydrogens (tertiary/aromatic N) is 2. The summed E-state index contributed by atoms with van der Waals surface area (Å²) >= 11 is 0. The van der Waals surface area contributed by atoms with Gasteiger partial charge in [-0.2, -0.15) is 4.99 Å². The Morgan fingerprint density at radius 1 is 1.50 bits per heavy atom. The Kier molecular flexibility index (Phi) is 2.25. The topological polar surface area (TPSA) is 58.7 Å². The summed E-state index contributed by atoms with van der Waals surface area (Å²) in [5.74, 6) is 0. The van der Waals surface area contributed by atoms with Gasteiger partial charge in [-0.05, 0) is 12.8 Å². The van der Waals surface area contributed by atoms with Gasteiger partial charge in [0.25, 0.3) is 0 Å². The molecule has 2 amide bonds. The molecule has 1 fully saturated rings. The van der Waals surface area contributed by atoms with E-state index in [1.807, 2.05) is 4.90 Å². The quantitative estimate of drug-likeness (QED) is 0.418. The third-order valence-corrected chi connectivity index (χ3v) is 1.49. The predicted octanol–water partition coefficient (Wildman–Crippen LogP) is 0.189. The van der Waals surface area contributed by atoms with Crippen molar-refractivity contribution in [2.45, 2.75) is 12.8 Å². The molecule has 0 spiro atoms. The molecule has 56 valence electrons. The number of carbonyl (C=O) groups excluding carboxylic acids is 1. The summed E-state index contributed by atoms with van der Waals surface area (Å²) in [7, 11) is 0. The molecule has 0 atom stereocenters. The number of amides is 2. The van der Waals surface area contributed by atoms with Crippen molar-refractivity contribution in [3.8, 4) is 0 Å². The summed E-state index contributed by atoms with van der Waals surface area (Å²) in [4.78, 5) is 15.6. The minimum atomic E-state index is -0.619. The number of primary amides is 1. The molecule has 0 aromatic carbocycles. The normalized spacial score (nSPS) is 18.6. The summed E-state index contributed by atoms with van der Waals surface area (Å²) in [5.41, 5.74) is 4.81. The van der Waals surface area contributed by atoms with Crippen molar-refractivity contribution >= 4 is 12.4 Å². The smallest absolute Gasteiger partial charge is 0.339 e. The monoisotopic (exact) mass is 141 g/mol. The summed E-state index contributed by atoms with van der Waals surface area (Å²) in [5, 5.41) is 0. The first-order chi connectivity index (χ1) is 4.79. The summed E-state index contributed by atoms with van der Waals surface area (Å²) < 4.78 is 0. The van der Waals surface area contributed by atoms with Gasteiger partial charge in [0.05, 0.1) is 6.34 Å². The maximum absolute atomic E-state index is 10.2. The van der Waals surface area contributed by atoms with Gasteiger partial charge in [-0.1, -0.05) is 0 Å². The molecule has 1 saturated heterocycles. The van der Waals surface area contributed by atoms with Crippen LogP contribution >= 0.6 is 0 Å². The lowest BCUT2D eigenvalue weighted by molar-refractivity contribution is 0.256. The first kappa shape index (κ1) is 7.05. The number of hydrogen-bond acceptors (Lipinski definition) is 1. The Balaban J connectivity index is 2.29. The molecule has 0 bridgehead atoms. The standard InChI is InChI=1S/C6H11N3O/c7-6(10)8-5-9-3-1-2-4-9/h5H,1-4H2,(H2,7,10). The van der Waals surface area contributed by atoms with Crippen LogP contribution < -0.4 is 5.73 Å². The zero-order chi connectivity index (χ0) is 7.40. The second-order valence-corrected chi connectivity index (χ2v) is 2.33. The third-order valence-electron chi connectivity index (χ3n) is 1.49. The van der Waals surface area contributed by atoms with E-state index in [1.54, 1.807) is 0 Å². The van der Waals surface area contributed by atoms with Crippen molar-refractivity contribution < 1.29 is 4.79 Å². The molecule has 4 nitrogen and oxygen atoms in total. The van der Waals surface area contributed by atoms with E-state index < -0.39 is 6.03 Å². The molecule has 1 aliphatic rings. The van der Waals surface area contributed by atoms with Crippen LogP contribution in [0, 0.1) is 0 Å². The van der Waals surface area contributed by atoms with E-state index in [4.69, 9.17) is 5.73 Å². The lowest BCUT2D eigenvalue weighted by Crippen LogP contribution is -2.18. The second kappa shape index (κ2) is 3.20. The van der Waals surface area contributed by atoms with Gasteiger partial charge in [-0.3, -0.25) is 0 Å². The van der Waals surface area contributed by atoms with Gasteiger partial charge in [0.15, 0.2) is 0 Å². The number of urea groups is 1. The molecule has 4 heteroatoms. The Labute approximate surface area is 59.7 Å². The van der Waals surface area contributed by atoms with Crippen LogP contribution in [0.4, 0.5) is 4.79 Å². The zero-order valence-corrected chi connectivity index (χ0v) is 5.79. The molecule has 1 rings (SSSR count). The fourth-order valence-corrected chi connectivity index (χ4v) is 0.996. The van der Waals surface area contributed by atoms with Crippen LogP contribution in [0.2, 0.25) is 0 Å². The van der Waals surface area contributed by atoms with Crippen LogP contribution in [0.3, 0.4) is 0 Å². The van der Waals surface area contributed by atoms with Crippen LogP contribution in [0.1, 0.15) is 12.8 Å². The number of nitrogens with two attached hydrogens (primary N) is 1. The number of aliphatic imine (C=N–C) groups is 1. The van der Waals surface area contributed by atoms with Crippen LogP contribution in [-0.2, 0) is 0 Å². The molecule has 2 N–H and O–H groups in total. The van der Waals surface area contributed by atoms with E-state index in [-0.39, 0.29) is 0 Å². The Morgan fingerprint density at radius 3 is 2.60 bits per heavy atom. The van der Waals surface area contributed by atoms with Gasteiger partial charge in [-0.15, -0.1) is 0 Å². The molecule has 0 radical (unpaired) electrons. The van der Waals surface area contributed by atoms with Crippen LogP contribution in [-0.4, -0.2) is 30.4 Å². The maximum atomic E-state index is 10.2. The fraction of sp³-hybridized carbons (Fsp3) is 0.667. The van der Waals surface area contributed by atoms with Crippen molar-refractivity contribution in [1.82, 2.24) is 4.90 Å². The van der Waals surface area contributed by atoms with E-state index in [1.165, 1.54) is 19.2 Å². The second-order valence-electron chi connectivity index (χ2n) is 2.33. The first-order valence-corrected chi connectivity index (χ1v) is 3.37. The van der Waals surface area contributed by atoms with E-state index in [0.717, 1.165) is 13.1 Å². The predicted molar refractivity (Wildman–Crippen MR) is 38.9 cm³/mol. The molecule has 1 aliphatic heterocycles. The van der Waals surface area contributed by atoms with Crippen molar-refractivity contribution in [2.24, 2.45) is 10.7 Å². The molecule has 0 unspecified atom stereocenters. The number of hydrogen-bond donors (Lipinski definition) is 1. The average molecular weight is 141 g/mol. The average Bonchev–Trinajstić information content (AvgIpc) is 2.34. The fourth-order valence-electron chi connectivity index (χ4n) is 0.996.